The van der Waals surface area contributed by atoms with Gasteiger partial charge in [-0.05, 0) is 0 Å². The first-order valence-electron chi connectivity index (χ1n) is 3.92. The highest BCUT2D eigenvalue weighted by Crippen LogP contribution is 2.31. The molecule has 0 radical (unpaired) electrons. The number of nitrogen functional groups attached to an aromatic ring is 1. The Hall–Kier alpha value is -1.86. The minimum Gasteiger partial charge on any atom is -0.425 e. The largest absolute Gasteiger partial charge is 0.449 e. The van der Waals surface area contributed by atoms with E-state index >= 15 is 0 Å². The molecule has 0 bridgehead atoms. The molecule has 2 aromatic rings. The van der Waals surface area contributed by atoms with Gasteiger partial charge in [0.1, 0.15) is 11.3 Å². The molecule has 0 spiro atoms. The smallest absolute Gasteiger partial charge is 0.425 e. The summed E-state index contributed by atoms with van der Waals surface area (Å²) >= 11 is 0. The molecule has 0 amide bonds. The van der Waals surface area contributed by atoms with Gasteiger partial charge in [0.2, 0.25) is 5.82 Å². The molecular formula is C7H7F3N4O. The molecule has 2 heterocycles. The van der Waals surface area contributed by atoms with Crippen molar-refractivity contribution in [3.05, 3.63) is 11.9 Å². The predicted molar refractivity (Wildman–Crippen MR) is 45.3 cm³/mol. The van der Waals surface area contributed by atoms with Gasteiger partial charge in [-0.3, -0.25) is 0 Å². The normalized spacial score (nSPS) is 12.5. The summed E-state index contributed by atoms with van der Waals surface area (Å²) in [5.41, 5.74) is 5.22. The molecule has 0 unspecified atom stereocenters. The topological polar surface area (TPSA) is 69.0 Å². The highest BCUT2D eigenvalue weighted by molar-refractivity contribution is 5.78. The number of fused-ring (bicyclic) bond motifs is 1. The zero-order valence-corrected chi connectivity index (χ0v) is 7.58. The molecular weight excluding hydrogens is 213 g/mol. The summed E-state index contributed by atoms with van der Waals surface area (Å²) in [5, 5.41) is 9.32. The Bertz CT molecular complexity index is 524. The molecule has 0 aliphatic carbocycles. The van der Waals surface area contributed by atoms with Crippen LogP contribution in [0.2, 0.25) is 0 Å². The van der Waals surface area contributed by atoms with Gasteiger partial charge in [0.25, 0.3) is 0 Å². The van der Waals surface area contributed by atoms with Crippen LogP contribution in [-0.2, 0) is 13.2 Å². The maximum absolute atomic E-state index is 12.4. The molecule has 0 aliphatic heterocycles. The Labute approximate surface area is 81.5 Å². The summed E-state index contributed by atoms with van der Waals surface area (Å²) in [6.45, 7) is 0. The van der Waals surface area contributed by atoms with Crippen LogP contribution in [0, 0.1) is 0 Å². The zero-order valence-electron chi connectivity index (χ0n) is 7.58. The third-order valence-electron chi connectivity index (χ3n) is 2.07. The Morgan fingerprint density at radius 2 is 2.07 bits per heavy atom. The van der Waals surface area contributed by atoms with E-state index in [1.165, 1.54) is 6.07 Å². The van der Waals surface area contributed by atoms with Gasteiger partial charge in [0.15, 0.2) is 5.65 Å². The van der Waals surface area contributed by atoms with Crippen molar-refractivity contribution in [2.45, 2.75) is 6.18 Å². The first-order chi connectivity index (χ1) is 6.82. The van der Waals surface area contributed by atoms with Crippen molar-refractivity contribution in [2.75, 3.05) is 5.73 Å². The van der Waals surface area contributed by atoms with Gasteiger partial charge in [-0.25, -0.2) is 4.98 Å². The highest BCUT2D eigenvalue weighted by Gasteiger charge is 2.37. The van der Waals surface area contributed by atoms with E-state index in [0.717, 1.165) is 11.6 Å². The lowest BCUT2D eigenvalue weighted by Gasteiger charge is -2.06. The van der Waals surface area contributed by atoms with Crippen LogP contribution in [0.5, 0.6) is 0 Å². The second kappa shape index (κ2) is 2.59. The number of rotatable bonds is 0. The lowest BCUT2D eigenvalue weighted by molar-refractivity contribution is -0.146. The summed E-state index contributed by atoms with van der Waals surface area (Å²) in [7, 11) is 1.16. The average Bonchev–Trinajstić information content (AvgIpc) is 2.53. The van der Waals surface area contributed by atoms with E-state index < -0.39 is 12.0 Å². The fourth-order valence-electron chi connectivity index (χ4n) is 1.44. The second-order valence-electron chi connectivity index (χ2n) is 3.08. The molecule has 5 nitrogen and oxygen atoms in total. The number of nitrogens with zero attached hydrogens (tertiary/aromatic N) is 3. The first-order valence-corrected chi connectivity index (χ1v) is 3.92. The van der Waals surface area contributed by atoms with Crippen LogP contribution < -0.4 is 5.73 Å². The number of halogens is 3. The Kier molecular flexibility index (Phi) is 1.67. The van der Waals surface area contributed by atoms with Gasteiger partial charge in [-0.1, -0.05) is 0 Å². The van der Waals surface area contributed by atoms with Crippen LogP contribution in [-0.4, -0.2) is 19.5 Å². The molecule has 8 heteroatoms. The van der Waals surface area contributed by atoms with Crippen molar-refractivity contribution in [1.82, 2.24) is 14.3 Å². The molecule has 0 saturated heterocycles. The van der Waals surface area contributed by atoms with E-state index in [4.69, 9.17) is 5.73 Å². The highest BCUT2D eigenvalue weighted by atomic mass is 19.4. The fraction of sp³-hybridized carbons (Fsp3) is 0.286. The van der Waals surface area contributed by atoms with E-state index in [1.807, 2.05) is 0 Å². The standard InChI is InChI=1S/C7H7F3N4O/c1-13-5-3(2-4(11)14(5)15)12-6(13)7(8,9)10/h2,15H,11H2,1H3. The van der Waals surface area contributed by atoms with Crippen LogP contribution in [0.3, 0.4) is 0 Å². The van der Waals surface area contributed by atoms with Crippen LogP contribution >= 0.6 is 0 Å². The van der Waals surface area contributed by atoms with Gasteiger partial charge < -0.3 is 15.5 Å². The van der Waals surface area contributed by atoms with Crippen LogP contribution in [0.25, 0.3) is 11.2 Å². The van der Waals surface area contributed by atoms with Gasteiger partial charge in [-0.15, -0.1) is 0 Å². The SMILES string of the molecule is Cn1c(C(F)(F)F)nc2cc(N)n(O)c21. The second-order valence-corrected chi connectivity index (χ2v) is 3.08. The van der Waals surface area contributed by atoms with E-state index in [1.54, 1.807) is 0 Å². The number of anilines is 1. The van der Waals surface area contributed by atoms with Gasteiger partial charge in [-0.2, -0.15) is 17.9 Å². The molecule has 0 fully saturated rings. The van der Waals surface area contributed by atoms with Gasteiger partial charge >= 0.3 is 6.18 Å². The van der Waals surface area contributed by atoms with Crippen molar-refractivity contribution in [3.63, 3.8) is 0 Å². The molecule has 3 N–H and O–H groups in total. The number of nitrogens with two attached hydrogens (primary N) is 1. The van der Waals surface area contributed by atoms with E-state index in [9.17, 15) is 18.4 Å². The number of imidazole rings is 1. The minimum absolute atomic E-state index is 0.00447. The first kappa shape index (κ1) is 9.69. The number of aryl methyl sites for hydroxylation is 1. The summed E-state index contributed by atoms with van der Waals surface area (Å²) in [4.78, 5) is 3.34. The van der Waals surface area contributed by atoms with Crippen molar-refractivity contribution in [3.8, 4) is 0 Å². The van der Waals surface area contributed by atoms with Crippen molar-refractivity contribution >= 4 is 17.0 Å². The van der Waals surface area contributed by atoms with E-state index in [-0.39, 0.29) is 17.0 Å². The van der Waals surface area contributed by atoms with Crippen LogP contribution in [0.4, 0.5) is 19.0 Å². The zero-order chi connectivity index (χ0) is 11.4. The van der Waals surface area contributed by atoms with E-state index in [2.05, 4.69) is 4.98 Å². The van der Waals surface area contributed by atoms with Crippen LogP contribution in [0.1, 0.15) is 5.82 Å². The number of hydrogen-bond acceptors (Lipinski definition) is 3. The Balaban J connectivity index is 2.78. The molecule has 82 valence electrons. The van der Waals surface area contributed by atoms with Crippen molar-refractivity contribution in [2.24, 2.45) is 7.05 Å². The third-order valence-corrected chi connectivity index (χ3v) is 2.07. The third kappa shape index (κ3) is 1.21. The van der Waals surface area contributed by atoms with Crippen LogP contribution in [0.15, 0.2) is 6.07 Å². The molecule has 2 aromatic heterocycles. The van der Waals surface area contributed by atoms with Crippen molar-refractivity contribution in [1.29, 1.82) is 0 Å². The summed E-state index contributed by atoms with van der Waals surface area (Å²) in [6, 6.07) is 1.17. The number of alkyl halides is 3. The van der Waals surface area contributed by atoms with Gasteiger partial charge in [0.05, 0.1) is 0 Å². The number of hydrogen-bond donors (Lipinski definition) is 2. The summed E-state index contributed by atoms with van der Waals surface area (Å²) in [6.07, 6.45) is -4.55. The minimum atomic E-state index is -4.55. The van der Waals surface area contributed by atoms with Crippen molar-refractivity contribution < 1.29 is 18.4 Å². The molecule has 0 saturated carbocycles. The molecule has 0 atom stereocenters. The quantitative estimate of drug-likeness (QED) is 0.655. The maximum Gasteiger partial charge on any atom is 0.449 e. The lowest BCUT2D eigenvalue weighted by atomic mass is 10.5. The number of aromatic nitrogens is 3. The van der Waals surface area contributed by atoms with Gasteiger partial charge in [0, 0.05) is 13.1 Å². The fourth-order valence-corrected chi connectivity index (χ4v) is 1.44. The van der Waals surface area contributed by atoms with E-state index in [0.29, 0.717) is 4.73 Å². The maximum atomic E-state index is 12.4. The lowest BCUT2D eigenvalue weighted by Crippen LogP contribution is -2.14. The molecule has 2 rings (SSSR count). The average molecular weight is 220 g/mol. The summed E-state index contributed by atoms with van der Waals surface area (Å²) in [5.74, 6) is -1.13. The molecule has 0 aliphatic rings. The molecule has 15 heavy (non-hydrogen) atoms. The molecule has 0 aromatic carbocycles. The summed E-state index contributed by atoms with van der Waals surface area (Å²) < 4.78 is 38.4. The Morgan fingerprint density at radius 3 is 2.53 bits per heavy atom. The Morgan fingerprint density at radius 1 is 1.47 bits per heavy atom. The predicted octanol–water partition coefficient (Wildman–Crippen LogP) is 1.21. The monoisotopic (exact) mass is 220 g/mol.